The SMILES string of the molecule is CCC[C@@H]1CC[N+](S(C)(=O)=O)(S(=O)(=O)c2ccccc2)C1. The van der Waals surface area contributed by atoms with Gasteiger partial charge in [0.1, 0.15) is 18.0 Å². The van der Waals surface area contributed by atoms with E-state index in [4.69, 9.17) is 0 Å². The van der Waals surface area contributed by atoms with Gasteiger partial charge in [0.15, 0.2) is 0 Å². The van der Waals surface area contributed by atoms with Crippen LogP contribution >= 0.6 is 0 Å². The quantitative estimate of drug-likeness (QED) is 0.773. The summed E-state index contributed by atoms with van der Waals surface area (Å²) in [6.45, 7) is 2.32. The second-order valence-electron chi connectivity index (χ2n) is 5.69. The van der Waals surface area contributed by atoms with Crippen molar-refractivity contribution < 1.29 is 20.1 Å². The predicted octanol–water partition coefficient (Wildman–Crippen LogP) is 1.97. The van der Waals surface area contributed by atoms with Crippen LogP contribution in [0.4, 0.5) is 0 Å². The first kappa shape index (κ1) is 16.5. The molecule has 0 saturated carbocycles. The highest BCUT2D eigenvalue weighted by molar-refractivity contribution is 7.98. The van der Waals surface area contributed by atoms with Gasteiger partial charge < -0.3 is 0 Å². The van der Waals surface area contributed by atoms with E-state index in [9.17, 15) is 16.8 Å². The van der Waals surface area contributed by atoms with Crippen LogP contribution in [0.15, 0.2) is 35.2 Å². The molecular weight excluding hydrogens is 310 g/mol. The van der Waals surface area contributed by atoms with Crippen LogP contribution in [0.3, 0.4) is 0 Å². The molecule has 1 saturated heterocycles. The van der Waals surface area contributed by atoms with Crippen molar-refractivity contribution in [1.29, 1.82) is 0 Å². The largest absolute Gasteiger partial charge is 0.341 e. The highest BCUT2D eigenvalue weighted by Gasteiger charge is 2.56. The molecule has 0 aliphatic carbocycles. The molecule has 0 spiro atoms. The molecule has 1 aliphatic rings. The number of sulfonamides is 2. The van der Waals surface area contributed by atoms with Crippen molar-refractivity contribution in [3.05, 3.63) is 30.3 Å². The Morgan fingerprint density at radius 1 is 1.14 bits per heavy atom. The molecule has 21 heavy (non-hydrogen) atoms. The number of nitrogens with zero attached hydrogens (tertiary/aromatic N) is 1. The Hall–Kier alpha value is -0.920. The fraction of sp³-hybridized carbons (Fsp3) is 0.571. The lowest BCUT2D eigenvalue weighted by molar-refractivity contribution is -0.658. The first-order valence-electron chi connectivity index (χ1n) is 7.12. The van der Waals surface area contributed by atoms with Crippen LogP contribution in [0.2, 0.25) is 0 Å². The minimum atomic E-state index is -3.96. The third-order valence-electron chi connectivity index (χ3n) is 4.19. The number of hydrogen-bond acceptors (Lipinski definition) is 4. The van der Waals surface area contributed by atoms with Gasteiger partial charge in [-0.25, -0.2) is 0 Å². The van der Waals surface area contributed by atoms with Crippen LogP contribution in [-0.4, -0.2) is 39.5 Å². The second kappa shape index (κ2) is 5.70. The van der Waals surface area contributed by atoms with Crippen molar-refractivity contribution in [2.45, 2.75) is 31.1 Å². The van der Waals surface area contributed by atoms with Crippen LogP contribution in [0.5, 0.6) is 0 Å². The van der Waals surface area contributed by atoms with Gasteiger partial charge in [0.05, 0.1) is 6.26 Å². The maximum atomic E-state index is 12.9. The van der Waals surface area contributed by atoms with Gasteiger partial charge in [0.2, 0.25) is 0 Å². The van der Waals surface area contributed by atoms with Crippen LogP contribution < -0.4 is 0 Å². The van der Waals surface area contributed by atoms with Crippen molar-refractivity contribution in [1.82, 2.24) is 0 Å². The number of benzene rings is 1. The molecule has 1 aromatic carbocycles. The summed E-state index contributed by atoms with van der Waals surface area (Å²) in [6.07, 6.45) is 3.45. The van der Waals surface area contributed by atoms with Crippen LogP contribution in [0.1, 0.15) is 26.2 Å². The molecule has 1 aliphatic heterocycles. The average Bonchev–Trinajstić information content (AvgIpc) is 2.86. The second-order valence-corrected chi connectivity index (χ2v) is 10.2. The smallest absolute Gasteiger partial charge is 0.173 e. The molecule has 7 heteroatoms. The van der Waals surface area contributed by atoms with Gasteiger partial charge in [-0.3, -0.25) is 0 Å². The molecule has 1 heterocycles. The summed E-state index contributed by atoms with van der Waals surface area (Å²) >= 11 is 0. The zero-order chi connectivity index (χ0) is 15.7. The number of rotatable bonds is 5. The summed E-state index contributed by atoms with van der Waals surface area (Å²) < 4.78 is 49.7. The summed E-state index contributed by atoms with van der Waals surface area (Å²) in [4.78, 5) is 0.0765. The fourth-order valence-electron chi connectivity index (χ4n) is 3.08. The normalized spacial score (nSPS) is 26.9. The Morgan fingerprint density at radius 3 is 2.29 bits per heavy atom. The van der Waals surface area contributed by atoms with E-state index in [0.717, 1.165) is 19.1 Å². The Morgan fingerprint density at radius 2 is 1.76 bits per heavy atom. The summed E-state index contributed by atoms with van der Waals surface area (Å²) in [5, 5.41) is 0. The molecule has 118 valence electrons. The first-order chi connectivity index (χ1) is 9.74. The van der Waals surface area contributed by atoms with Crippen LogP contribution in [0, 0.1) is 5.92 Å². The summed E-state index contributed by atoms with van der Waals surface area (Å²) in [7, 11) is -7.73. The monoisotopic (exact) mass is 332 g/mol. The van der Waals surface area contributed by atoms with Crippen molar-refractivity contribution >= 4 is 20.0 Å². The van der Waals surface area contributed by atoms with Crippen molar-refractivity contribution in [2.75, 3.05) is 19.3 Å². The van der Waals surface area contributed by atoms with Gasteiger partial charge in [-0.1, -0.05) is 31.5 Å². The van der Waals surface area contributed by atoms with Gasteiger partial charge in [-0.2, -0.15) is 16.8 Å². The van der Waals surface area contributed by atoms with Gasteiger partial charge in [0, 0.05) is 12.3 Å². The molecule has 0 amide bonds. The molecule has 0 bridgehead atoms. The van der Waals surface area contributed by atoms with Gasteiger partial charge in [-0.05, 0) is 18.6 Å². The lowest BCUT2D eigenvalue weighted by Gasteiger charge is -2.30. The topological polar surface area (TPSA) is 68.3 Å². The summed E-state index contributed by atoms with van der Waals surface area (Å²) in [5.41, 5.74) is 0. The van der Waals surface area contributed by atoms with E-state index in [1.165, 1.54) is 12.1 Å². The molecule has 0 N–H and O–H groups in total. The highest BCUT2D eigenvalue weighted by Crippen LogP contribution is 2.37. The maximum Gasteiger partial charge on any atom is 0.341 e. The highest BCUT2D eigenvalue weighted by atomic mass is 32.3. The number of hydrogen-bond donors (Lipinski definition) is 0. The van der Waals surface area contributed by atoms with Crippen LogP contribution in [-0.2, 0) is 20.0 Å². The van der Waals surface area contributed by atoms with Gasteiger partial charge in [-0.15, -0.1) is 3.29 Å². The third-order valence-corrected chi connectivity index (χ3v) is 9.21. The third kappa shape index (κ3) is 2.74. The fourth-order valence-corrected chi connectivity index (χ4v) is 7.32. The van der Waals surface area contributed by atoms with E-state index in [2.05, 4.69) is 0 Å². The van der Waals surface area contributed by atoms with Gasteiger partial charge >= 0.3 is 20.0 Å². The molecule has 1 unspecified atom stereocenters. The Bertz CT molecular complexity index is 698. The van der Waals surface area contributed by atoms with E-state index in [1.807, 2.05) is 6.92 Å². The molecular formula is C14H22NO4S2+. The zero-order valence-corrected chi connectivity index (χ0v) is 14.0. The molecule has 1 aromatic rings. The summed E-state index contributed by atoms with van der Waals surface area (Å²) in [5.74, 6) is 0.142. The Labute approximate surface area is 127 Å². The van der Waals surface area contributed by atoms with E-state index in [-0.39, 0.29) is 23.9 Å². The Balaban J connectivity index is 2.54. The van der Waals surface area contributed by atoms with E-state index in [1.54, 1.807) is 18.2 Å². The van der Waals surface area contributed by atoms with E-state index >= 15 is 0 Å². The first-order valence-corrected chi connectivity index (χ1v) is 10.4. The Kier molecular flexibility index (Phi) is 4.46. The van der Waals surface area contributed by atoms with E-state index < -0.39 is 23.3 Å². The predicted molar refractivity (Wildman–Crippen MR) is 81.5 cm³/mol. The molecule has 2 rings (SSSR count). The lowest BCUT2D eigenvalue weighted by atomic mass is 10.0. The molecule has 1 fully saturated rings. The number of quaternary nitrogens is 1. The van der Waals surface area contributed by atoms with Crippen molar-refractivity contribution in [3.63, 3.8) is 0 Å². The van der Waals surface area contributed by atoms with Crippen molar-refractivity contribution in [2.24, 2.45) is 5.92 Å². The minimum absolute atomic E-state index is 0.0765. The molecule has 5 nitrogen and oxygen atoms in total. The molecule has 0 aromatic heterocycles. The minimum Gasteiger partial charge on any atom is -0.173 e. The van der Waals surface area contributed by atoms with E-state index in [0.29, 0.717) is 6.42 Å². The molecule has 2 atom stereocenters. The van der Waals surface area contributed by atoms with Gasteiger partial charge in [0.25, 0.3) is 0 Å². The maximum absolute atomic E-state index is 12.9. The van der Waals surface area contributed by atoms with Crippen LogP contribution in [0.25, 0.3) is 0 Å². The summed E-state index contributed by atoms with van der Waals surface area (Å²) in [6, 6.07) is 7.88. The average molecular weight is 332 g/mol. The lowest BCUT2D eigenvalue weighted by Crippen LogP contribution is -2.54. The molecule has 0 radical (unpaired) electrons. The zero-order valence-electron chi connectivity index (χ0n) is 12.4. The standard InChI is InChI=1S/C14H22NO4S2/c1-3-7-13-10-11-15(12-13,20(2,16)17)21(18,19)14-8-5-4-6-9-14/h4-6,8-9,13H,3,7,10-12H2,1-2H3/q+1/t13-,15?/m1/s1. The van der Waals surface area contributed by atoms with Crippen molar-refractivity contribution in [3.8, 4) is 0 Å².